The van der Waals surface area contributed by atoms with Crippen molar-refractivity contribution in [2.24, 2.45) is 0 Å². The lowest BCUT2D eigenvalue weighted by Gasteiger charge is -2.19. The molecular formula is C15H17N3S. The maximum absolute atomic E-state index is 4.68. The second-order valence-electron chi connectivity index (χ2n) is 5.70. The summed E-state index contributed by atoms with van der Waals surface area (Å²) in [5.74, 6) is 1.10. The van der Waals surface area contributed by atoms with Crippen LogP contribution in [0.1, 0.15) is 31.6 Å². The van der Waals surface area contributed by atoms with Gasteiger partial charge < -0.3 is 4.57 Å². The number of hydrogen-bond acceptors (Lipinski definition) is 3. The minimum absolute atomic E-state index is 0.0557. The molecule has 0 N–H and O–H groups in total. The Morgan fingerprint density at radius 3 is 2.74 bits per heavy atom. The molecule has 0 aliphatic rings. The SMILES string of the molecule is CC(C)(C)c1nccn1Cc1nc2ccccc2s1. The van der Waals surface area contributed by atoms with Gasteiger partial charge in [-0.1, -0.05) is 32.9 Å². The number of imidazole rings is 1. The average molecular weight is 271 g/mol. The van der Waals surface area contributed by atoms with Crippen molar-refractivity contribution in [1.29, 1.82) is 0 Å². The lowest BCUT2D eigenvalue weighted by atomic mass is 9.96. The molecule has 2 aromatic heterocycles. The van der Waals surface area contributed by atoms with Gasteiger partial charge in [-0.25, -0.2) is 9.97 Å². The maximum Gasteiger partial charge on any atom is 0.114 e. The topological polar surface area (TPSA) is 30.7 Å². The van der Waals surface area contributed by atoms with E-state index >= 15 is 0 Å². The van der Waals surface area contributed by atoms with E-state index in [2.05, 4.69) is 53.5 Å². The molecule has 98 valence electrons. The van der Waals surface area contributed by atoms with E-state index in [0.29, 0.717) is 0 Å². The van der Waals surface area contributed by atoms with Crippen LogP contribution in [-0.4, -0.2) is 14.5 Å². The van der Waals surface area contributed by atoms with Crippen LogP contribution in [0.2, 0.25) is 0 Å². The molecule has 3 aromatic rings. The van der Waals surface area contributed by atoms with E-state index in [-0.39, 0.29) is 5.41 Å². The number of hydrogen-bond donors (Lipinski definition) is 0. The average Bonchev–Trinajstić information content (AvgIpc) is 2.93. The molecule has 0 bridgehead atoms. The number of nitrogens with zero attached hydrogens (tertiary/aromatic N) is 3. The molecule has 19 heavy (non-hydrogen) atoms. The second-order valence-corrected chi connectivity index (χ2v) is 6.82. The molecule has 0 spiro atoms. The summed E-state index contributed by atoms with van der Waals surface area (Å²) < 4.78 is 3.44. The van der Waals surface area contributed by atoms with Crippen molar-refractivity contribution in [2.45, 2.75) is 32.7 Å². The van der Waals surface area contributed by atoms with E-state index in [1.807, 2.05) is 18.5 Å². The van der Waals surface area contributed by atoms with Crippen molar-refractivity contribution in [1.82, 2.24) is 14.5 Å². The lowest BCUT2D eigenvalue weighted by Crippen LogP contribution is -2.19. The van der Waals surface area contributed by atoms with Crippen LogP contribution in [0.25, 0.3) is 10.2 Å². The Labute approximate surface area is 116 Å². The molecule has 0 radical (unpaired) electrons. The van der Waals surface area contributed by atoms with Crippen LogP contribution in [0.4, 0.5) is 0 Å². The molecule has 3 rings (SSSR count). The summed E-state index contributed by atoms with van der Waals surface area (Å²) in [5.41, 5.74) is 1.14. The molecule has 4 heteroatoms. The molecule has 2 heterocycles. The van der Waals surface area contributed by atoms with Crippen molar-refractivity contribution in [2.75, 3.05) is 0 Å². The highest BCUT2D eigenvalue weighted by Gasteiger charge is 2.20. The van der Waals surface area contributed by atoms with Crippen LogP contribution in [-0.2, 0) is 12.0 Å². The van der Waals surface area contributed by atoms with Crippen LogP contribution in [0, 0.1) is 0 Å². The monoisotopic (exact) mass is 271 g/mol. The molecule has 0 unspecified atom stereocenters. The van der Waals surface area contributed by atoms with E-state index in [9.17, 15) is 0 Å². The molecule has 1 aromatic carbocycles. The van der Waals surface area contributed by atoms with Crippen molar-refractivity contribution < 1.29 is 0 Å². The Kier molecular flexibility index (Phi) is 2.90. The smallest absolute Gasteiger partial charge is 0.114 e. The molecule has 0 saturated heterocycles. The van der Waals surface area contributed by atoms with Gasteiger partial charge in [-0.3, -0.25) is 0 Å². The molecule has 0 aliphatic heterocycles. The first-order chi connectivity index (χ1) is 9.04. The zero-order chi connectivity index (χ0) is 13.5. The fourth-order valence-electron chi connectivity index (χ4n) is 2.21. The largest absolute Gasteiger partial charge is 0.328 e. The van der Waals surface area contributed by atoms with Crippen LogP contribution < -0.4 is 0 Å². The zero-order valence-electron chi connectivity index (χ0n) is 11.4. The lowest BCUT2D eigenvalue weighted by molar-refractivity contribution is 0.511. The number of fused-ring (bicyclic) bond motifs is 1. The predicted octanol–water partition coefficient (Wildman–Crippen LogP) is 3.84. The van der Waals surface area contributed by atoms with E-state index in [0.717, 1.165) is 22.9 Å². The minimum atomic E-state index is 0.0557. The third kappa shape index (κ3) is 2.40. The summed E-state index contributed by atoms with van der Waals surface area (Å²) >= 11 is 1.76. The van der Waals surface area contributed by atoms with Crippen molar-refractivity contribution >= 4 is 21.6 Å². The fourth-order valence-corrected chi connectivity index (χ4v) is 3.18. The van der Waals surface area contributed by atoms with Gasteiger partial charge in [0.1, 0.15) is 10.8 Å². The Morgan fingerprint density at radius 1 is 1.21 bits per heavy atom. The Bertz CT molecular complexity index is 670. The van der Waals surface area contributed by atoms with Gasteiger partial charge in [0.15, 0.2) is 0 Å². The van der Waals surface area contributed by atoms with Gasteiger partial charge in [0.2, 0.25) is 0 Å². The van der Waals surface area contributed by atoms with Gasteiger partial charge in [0.25, 0.3) is 0 Å². The van der Waals surface area contributed by atoms with Crippen LogP contribution in [0.15, 0.2) is 36.7 Å². The zero-order valence-corrected chi connectivity index (χ0v) is 12.2. The first-order valence-corrected chi connectivity index (χ1v) is 7.22. The van der Waals surface area contributed by atoms with Gasteiger partial charge >= 0.3 is 0 Å². The molecule has 0 saturated carbocycles. The third-order valence-corrected chi connectivity index (χ3v) is 4.05. The second kappa shape index (κ2) is 4.46. The van der Waals surface area contributed by atoms with E-state index in [4.69, 9.17) is 0 Å². The standard InChI is InChI=1S/C15H17N3S/c1-15(2,3)14-16-8-9-18(14)10-13-17-11-6-4-5-7-12(11)19-13/h4-9H,10H2,1-3H3. The Hall–Kier alpha value is -1.68. The van der Waals surface area contributed by atoms with E-state index in [1.165, 1.54) is 4.70 Å². The van der Waals surface area contributed by atoms with E-state index < -0.39 is 0 Å². The quantitative estimate of drug-likeness (QED) is 0.709. The van der Waals surface area contributed by atoms with E-state index in [1.54, 1.807) is 11.3 Å². The van der Waals surface area contributed by atoms with Gasteiger partial charge in [-0.2, -0.15) is 0 Å². The summed E-state index contributed by atoms with van der Waals surface area (Å²) in [4.78, 5) is 9.16. The molecule has 0 aliphatic carbocycles. The van der Waals surface area contributed by atoms with Crippen molar-refractivity contribution in [3.05, 3.63) is 47.5 Å². The first kappa shape index (κ1) is 12.4. The van der Waals surface area contributed by atoms with Crippen molar-refractivity contribution in [3.8, 4) is 0 Å². The van der Waals surface area contributed by atoms with Crippen molar-refractivity contribution in [3.63, 3.8) is 0 Å². The van der Waals surface area contributed by atoms with Crippen LogP contribution >= 0.6 is 11.3 Å². The van der Waals surface area contributed by atoms with Gasteiger partial charge in [-0.05, 0) is 12.1 Å². The fraction of sp³-hybridized carbons (Fsp3) is 0.333. The number of rotatable bonds is 2. The summed E-state index contributed by atoms with van der Waals surface area (Å²) in [7, 11) is 0. The summed E-state index contributed by atoms with van der Waals surface area (Å²) in [5, 5.41) is 1.13. The maximum atomic E-state index is 4.68. The first-order valence-electron chi connectivity index (χ1n) is 6.40. The summed E-state index contributed by atoms with van der Waals surface area (Å²) in [6.07, 6.45) is 3.90. The van der Waals surface area contributed by atoms with Gasteiger partial charge in [-0.15, -0.1) is 11.3 Å². The summed E-state index contributed by atoms with van der Waals surface area (Å²) in [6.45, 7) is 7.35. The number of aromatic nitrogens is 3. The molecule has 3 nitrogen and oxygen atoms in total. The molecule has 0 atom stereocenters. The van der Waals surface area contributed by atoms with Gasteiger partial charge in [0.05, 0.1) is 16.8 Å². The highest BCUT2D eigenvalue weighted by atomic mass is 32.1. The Balaban J connectivity index is 1.95. The minimum Gasteiger partial charge on any atom is -0.328 e. The van der Waals surface area contributed by atoms with Crippen LogP contribution in [0.5, 0.6) is 0 Å². The number of para-hydroxylation sites is 1. The normalized spacial score (nSPS) is 12.2. The van der Waals surface area contributed by atoms with Gasteiger partial charge in [0, 0.05) is 17.8 Å². The summed E-state index contributed by atoms with van der Waals surface area (Å²) in [6, 6.07) is 8.27. The molecule has 0 fully saturated rings. The molecular weight excluding hydrogens is 254 g/mol. The number of thiazole rings is 1. The van der Waals surface area contributed by atoms with Crippen LogP contribution in [0.3, 0.4) is 0 Å². The highest BCUT2D eigenvalue weighted by Crippen LogP contribution is 2.25. The predicted molar refractivity (Wildman–Crippen MR) is 79.6 cm³/mol. The highest BCUT2D eigenvalue weighted by molar-refractivity contribution is 7.18. The molecule has 0 amide bonds. The number of benzene rings is 1. The third-order valence-electron chi connectivity index (χ3n) is 3.03. The Morgan fingerprint density at radius 2 is 2.00 bits per heavy atom.